The van der Waals surface area contributed by atoms with Crippen LogP contribution in [0, 0.1) is 6.92 Å². The van der Waals surface area contributed by atoms with Crippen LogP contribution in [0.4, 0.5) is 0 Å². The van der Waals surface area contributed by atoms with Crippen LogP contribution in [-0.2, 0) is 0 Å². The Bertz CT molecular complexity index is 435. The van der Waals surface area contributed by atoms with Gasteiger partial charge in [0.25, 0.3) is 0 Å². The van der Waals surface area contributed by atoms with E-state index in [1.54, 1.807) is 10.7 Å². The molecule has 0 aliphatic carbocycles. The first-order valence-electron chi connectivity index (χ1n) is 3.34. The number of halogens is 2. The molecule has 62 valence electrons. The van der Waals surface area contributed by atoms with Gasteiger partial charge in [0.05, 0.1) is 14.6 Å². The lowest BCUT2D eigenvalue weighted by Gasteiger charge is -1.91. The largest absolute Gasteiger partial charge is 0.235 e. The molecule has 0 saturated carbocycles. The smallest absolute Gasteiger partial charge is 0.169 e. The van der Waals surface area contributed by atoms with Crippen LogP contribution in [0.3, 0.4) is 0 Å². The molecule has 12 heavy (non-hydrogen) atoms. The van der Waals surface area contributed by atoms with Gasteiger partial charge in [-0.15, -0.1) is 0 Å². The number of nitrogens with zero attached hydrogens (tertiary/aromatic N) is 3. The van der Waals surface area contributed by atoms with Crippen molar-refractivity contribution in [2.24, 2.45) is 0 Å². The molecule has 0 atom stereocenters. The van der Waals surface area contributed by atoms with E-state index in [9.17, 15) is 0 Å². The van der Waals surface area contributed by atoms with Crippen molar-refractivity contribution in [2.75, 3.05) is 0 Å². The lowest BCUT2D eigenvalue weighted by molar-refractivity contribution is 0.912. The van der Waals surface area contributed by atoms with Gasteiger partial charge in [0.1, 0.15) is 0 Å². The summed E-state index contributed by atoms with van der Waals surface area (Å²) in [7, 11) is 0. The summed E-state index contributed by atoms with van der Waals surface area (Å²) >= 11 is 6.74. The highest BCUT2D eigenvalue weighted by molar-refractivity contribution is 9.11. The van der Waals surface area contributed by atoms with Crippen molar-refractivity contribution in [3.63, 3.8) is 0 Å². The Morgan fingerprint density at radius 3 is 2.92 bits per heavy atom. The second kappa shape index (κ2) is 2.81. The summed E-state index contributed by atoms with van der Waals surface area (Å²) in [5.74, 6) is 0. The van der Waals surface area contributed by atoms with Crippen LogP contribution < -0.4 is 0 Å². The van der Waals surface area contributed by atoms with E-state index < -0.39 is 0 Å². The van der Waals surface area contributed by atoms with E-state index in [4.69, 9.17) is 0 Å². The highest BCUT2D eigenvalue weighted by atomic mass is 79.9. The quantitative estimate of drug-likeness (QED) is 0.746. The molecule has 0 radical (unpaired) electrons. The predicted molar refractivity (Wildman–Crippen MR) is 53.1 cm³/mol. The Labute approximate surface area is 86.1 Å². The van der Waals surface area contributed by atoms with Gasteiger partial charge >= 0.3 is 0 Å². The van der Waals surface area contributed by atoms with Crippen LogP contribution in [0.5, 0.6) is 0 Å². The number of aryl methyl sites for hydroxylation is 1. The summed E-state index contributed by atoms with van der Waals surface area (Å²) in [6, 6.07) is 0. The molecule has 0 amide bonds. The van der Waals surface area contributed by atoms with Crippen molar-refractivity contribution < 1.29 is 0 Å². The van der Waals surface area contributed by atoms with Crippen LogP contribution in [0.1, 0.15) is 5.69 Å². The monoisotopic (exact) mass is 289 g/mol. The van der Waals surface area contributed by atoms with E-state index in [1.165, 1.54) is 0 Å². The van der Waals surface area contributed by atoms with Gasteiger partial charge in [-0.2, -0.15) is 5.10 Å². The SMILES string of the molecule is Cc1nn2cc(Br)cnc2c1Br. The maximum atomic E-state index is 4.25. The Morgan fingerprint density at radius 1 is 1.42 bits per heavy atom. The number of hydrogen-bond acceptors (Lipinski definition) is 2. The topological polar surface area (TPSA) is 30.2 Å². The fourth-order valence-corrected chi connectivity index (χ4v) is 1.65. The molecule has 0 aliphatic heterocycles. The third kappa shape index (κ3) is 1.17. The van der Waals surface area contributed by atoms with Gasteiger partial charge in [0.2, 0.25) is 0 Å². The highest BCUT2D eigenvalue weighted by Gasteiger charge is 2.06. The van der Waals surface area contributed by atoms with Crippen molar-refractivity contribution >= 4 is 37.5 Å². The van der Waals surface area contributed by atoms with Crippen molar-refractivity contribution in [3.05, 3.63) is 27.0 Å². The molecule has 0 N–H and O–H groups in total. The molecule has 0 saturated heterocycles. The maximum Gasteiger partial charge on any atom is 0.169 e. The summed E-state index contributed by atoms with van der Waals surface area (Å²) in [5.41, 5.74) is 1.79. The van der Waals surface area contributed by atoms with Crippen LogP contribution in [-0.4, -0.2) is 14.6 Å². The maximum absolute atomic E-state index is 4.25. The first-order chi connectivity index (χ1) is 5.68. The zero-order chi connectivity index (χ0) is 8.72. The van der Waals surface area contributed by atoms with Gasteiger partial charge in [-0.1, -0.05) is 0 Å². The van der Waals surface area contributed by atoms with Gasteiger partial charge in [-0.25, -0.2) is 9.50 Å². The third-order valence-corrected chi connectivity index (χ3v) is 2.88. The number of aromatic nitrogens is 3. The first kappa shape index (κ1) is 8.19. The van der Waals surface area contributed by atoms with Crippen LogP contribution in [0.2, 0.25) is 0 Å². The van der Waals surface area contributed by atoms with Crippen LogP contribution >= 0.6 is 31.9 Å². The predicted octanol–water partition coefficient (Wildman–Crippen LogP) is 2.56. The minimum Gasteiger partial charge on any atom is -0.235 e. The van der Waals surface area contributed by atoms with E-state index in [2.05, 4.69) is 41.9 Å². The van der Waals surface area contributed by atoms with Crippen molar-refractivity contribution in [2.45, 2.75) is 6.92 Å². The fraction of sp³-hybridized carbons (Fsp3) is 0.143. The molecule has 3 nitrogen and oxygen atoms in total. The Kier molecular flexibility index (Phi) is 1.92. The number of fused-ring (bicyclic) bond motifs is 1. The fourth-order valence-electron chi connectivity index (χ4n) is 0.994. The first-order valence-corrected chi connectivity index (χ1v) is 4.93. The second-order valence-corrected chi connectivity index (χ2v) is 4.15. The summed E-state index contributed by atoms with van der Waals surface area (Å²) < 4.78 is 3.61. The summed E-state index contributed by atoms with van der Waals surface area (Å²) in [4.78, 5) is 4.21. The molecule has 0 spiro atoms. The molecule has 0 aliphatic rings. The van der Waals surface area contributed by atoms with E-state index in [0.717, 1.165) is 20.3 Å². The number of rotatable bonds is 0. The summed E-state index contributed by atoms with van der Waals surface area (Å²) in [5, 5.41) is 4.25. The van der Waals surface area contributed by atoms with Gasteiger partial charge < -0.3 is 0 Å². The normalized spacial score (nSPS) is 10.9. The summed E-state index contributed by atoms with van der Waals surface area (Å²) in [6.07, 6.45) is 3.63. The van der Waals surface area contributed by atoms with Crippen LogP contribution in [0.25, 0.3) is 5.65 Å². The van der Waals surface area contributed by atoms with Crippen molar-refractivity contribution in [3.8, 4) is 0 Å². The molecular weight excluding hydrogens is 286 g/mol. The van der Waals surface area contributed by atoms with E-state index in [-0.39, 0.29) is 0 Å². The molecule has 0 fully saturated rings. The zero-order valence-electron chi connectivity index (χ0n) is 6.25. The van der Waals surface area contributed by atoms with E-state index >= 15 is 0 Å². The lowest BCUT2D eigenvalue weighted by Crippen LogP contribution is -1.88. The third-order valence-electron chi connectivity index (χ3n) is 1.54. The second-order valence-electron chi connectivity index (χ2n) is 2.44. The molecule has 0 aromatic carbocycles. The Balaban J connectivity index is 2.87. The highest BCUT2D eigenvalue weighted by Crippen LogP contribution is 2.20. The molecule has 2 rings (SSSR count). The van der Waals surface area contributed by atoms with Gasteiger partial charge in [0.15, 0.2) is 5.65 Å². The van der Waals surface area contributed by atoms with Gasteiger partial charge in [0, 0.05) is 12.4 Å². The average Bonchev–Trinajstić information content (AvgIpc) is 2.28. The minimum absolute atomic E-state index is 0.843. The molecule has 0 bridgehead atoms. The summed E-state index contributed by atoms with van der Waals surface area (Å²) in [6.45, 7) is 1.94. The minimum atomic E-state index is 0.843. The molecular formula is C7H5Br2N3. The van der Waals surface area contributed by atoms with Crippen molar-refractivity contribution in [1.29, 1.82) is 0 Å². The molecule has 5 heteroatoms. The number of hydrogen-bond donors (Lipinski definition) is 0. The van der Waals surface area contributed by atoms with E-state index in [0.29, 0.717) is 0 Å². The van der Waals surface area contributed by atoms with Gasteiger partial charge in [-0.05, 0) is 38.8 Å². The Hall–Kier alpha value is -0.420. The zero-order valence-corrected chi connectivity index (χ0v) is 9.42. The average molecular weight is 291 g/mol. The Morgan fingerprint density at radius 2 is 2.17 bits per heavy atom. The van der Waals surface area contributed by atoms with E-state index in [1.807, 2.05) is 13.1 Å². The van der Waals surface area contributed by atoms with Gasteiger partial charge in [-0.3, -0.25) is 0 Å². The molecule has 2 aromatic rings. The molecule has 2 heterocycles. The van der Waals surface area contributed by atoms with Crippen LogP contribution in [0.15, 0.2) is 21.3 Å². The lowest BCUT2D eigenvalue weighted by atomic mass is 10.5. The molecule has 2 aromatic heterocycles. The van der Waals surface area contributed by atoms with Crippen molar-refractivity contribution in [1.82, 2.24) is 14.6 Å². The standard InChI is InChI=1S/C7H5Br2N3/c1-4-6(9)7-10-2-5(8)3-12(7)11-4/h2-3H,1H3. The molecule has 0 unspecified atom stereocenters.